The summed E-state index contributed by atoms with van der Waals surface area (Å²) in [5.74, 6) is 0.896. The molecule has 0 radical (unpaired) electrons. The molecule has 2 amide bonds. The molecule has 5 atom stereocenters. The zero-order chi connectivity index (χ0) is 37.0. The minimum Gasteiger partial charge on any atom is -0.394 e. The number of rotatable bonds is 12. The van der Waals surface area contributed by atoms with Crippen molar-refractivity contribution in [2.75, 3.05) is 41.8 Å². The molecule has 2 aliphatic heterocycles. The van der Waals surface area contributed by atoms with E-state index in [1.54, 1.807) is 29.1 Å². The molecule has 2 aromatic carbocycles. The van der Waals surface area contributed by atoms with E-state index in [4.69, 9.17) is 14.7 Å². The highest BCUT2D eigenvalue weighted by Gasteiger charge is 2.47. The third-order valence-corrected chi connectivity index (χ3v) is 9.55. The molecule has 2 saturated heterocycles. The number of anilines is 3. The van der Waals surface area contributed by atoms with Crippen molar-refractivity contribution in [2.45, 2.75) is 49.5 Å². The number of benzene rings is 2. The number of aliphatic hydroxyl groups excluding tert-OH is 3. The number of hydrogen-bond donors (Lipinski definition) is 6. The third-order valence-electron chi connectivity index (χ3n) is 9.55. The molecule has 4 aromatic heterocycles. The van der Waals surface area contributed by atoms with Gasteiger partial charge in [-0.15, -0.1) is 10.2 Å². The van der Waals surface area contributed by atoms with E-state index in [1.165, 1.54) is 11.1 Å². The fourth-order valence-electron chi connectivity index (χ4n) is 6.86. The van der Waals surface area contributed by atoms with E-state index >= 15 is 0 Å². The van der Waals surface area contributed by atoms with Gasteiger partial charge in [0.2, 0.25) is 11.8 Å². The maximum atomic E-state index is 12.8. The Hall–Kier alpha value is -6.08. The van der Waals surface area contributed by atoms with Crippen LogP contribution in [0.25, 0.3) is 11.2 Å². The second kappa shape index (κ2) is 15.5. The molecule has 2 unspecified atom stereocenters. The summed E-state index contributed by atoms with van der Waals surface area (Å²) in [6, 6.07) is 23.4. The summed E-state index contributed by atoms with van der Waals surface area (Å²) < 4.78 is 7.74. The number of aliphatic hydroxyl groups is 3. The van der Waals surface area contributed by atoms with Crippen molar-refractivity contribution in [1.82, 2.24) is 50.0 Å². The molecule has 54 heavy (non-hydrogen) atoms. The van der Waals surface area contributed by atoms with E-state index < -0.39 is 24.5 Å². The van der Waals surface area contributed by atoms with E-state index in [9.17, 15) is 20.1 Å². The van der Waals surface area contributed by atoms with Gasteiger partial charge in [0, 0.05) is 37.8 Å². The van der Waals surface area contributed by atoms with Crippen LogP contribution in [0.15, 0.2) is 91.5 Å². The maximum Gasteiger partial charge on any atom is 0.319 e. The Bertz CT molecular complexity index is 2130. The highest BCUT2D eigenvalue weighted by atomic mass is 16.6. The fourth-order valence-corrected chi connectivity index (χ4v) is 6.86. The van der Waals surface area contributed by atoms with Crippen LogP contribution in [0.1, 0.15) is 41.6 Å². The van der Waals surface area contributed by atoms with Gasteiger partial charge in [-0.1, -0.05) is 60.7 Å². The molecule has 0 aliphatic carbocycles. The number of ether oxygens (including phenoxy) is 1. The zero-order valence-electron chi connectivity index (χ0n) is 29.0. The minimum absolute atomic E-state index is 0.0238. The van der Waals surface area contributed by atoms with Crippen LogP contribution in [0.5, 0.6) is 0 Å². The lowest BCUT2D eigenvalue weighted by Gasteiger charge is -2.22. The van der Waals surface area contributed by atoms with Crippen LogP contribution in [0.4, 0.5) is 22.2 Å². The van der Waals surface area contributed by atoms with Gasteiger partial charge in [0.15, 0.2) is 29.3 Å². The number of urea groups is 1. The summed E-state index contributed by atoms with van der Waals surface area (Å²) in [6.45, 7) is 1.39. The number of carbonyl (C=O) groups is 1. The molecule has 0 saturated carbocycles. The molecule has 2 fully saturated rings. The van der Waals surface area contributed by atoms with Gasteiger partial charge in [0.1, 0.15) is 12.2 Å². The van der Waals surface area contributed by atoms with Gasteiger partial charge in [-0.25, -0.2) is 9.78 Å². The van der Waals surface area contributed by atoms with Gasteiger partial charge in [-0.3, -0.25) is 9.55 Å². The van der Waals surface area contributed by atoms with Gasteiger partial charge in [0.25, 0.3) is 0 Å². The molecule has 0 bridgehead atoms. The summed E-state index contributed by atoms with van der Waals surface area (Å²) in [5.41, 5.74) is 3.62. The second-order valence-electron chi connectivity index (χ2n) is 13.1. The third kappa shape index (κ3) is 7.27. The van der Waals surface area contributed by atoms with Gasteiger partial charge in [0.05, 0.1) is 31.4 Å². The van der Waals surface area contributed by atoms with Crippen LogP contribution >= 0.6 is 0 Å². The summed E-state index contributed by atoms with van der Waals surface area (Å²) in [4.78, 5) is 34.6. The predicted octanol–water partition coefficient (Wildman–Crippen LogP) is 1.84. The molecule has 2 aliphatic rings. The van der Waals surface area contributed by atoms with Crippen molar-refractivity contribution in [3.63, 3.8) is 0 Å². The number of pyridine rings is 1. The van der Waals surface area contributed by atoms with Crippen molar-refractivity contribution in [3.05, 3.63) is 108 Å². The Balaban J connectivity index is 1.10. The number of carbonyl (C=O) groups excluding carboxylic acids is 1. The number of imidazole rings is 1. The lowest BCUT2D eigenvalue weighted by Crippen LogP contribution is -2.40. The van der Waals surface area contributed by atoms with Crippen LogP contribution in [0.2, 0.25) is 0 Å². The van der Waals surface area contributed by atoms with Crippen molar-refractivity contribution in [2.24, 2.45) is 0 Å². The molecule has 278 valence electrons. The van der Waals surface area contributed by atoms with Crippen LogP contribution < -0.4 is 20.9 Å². The number of nitrogens with one attached hydrogen (secondary N) is 3. The van der Waals surface area contributed by atoms with Crippen LogP contribution in [-0.2, 0) is 11.3 Å². The first-order valence-corrected chi connectivity index (χ1v) is 17.7. The normalized spacial score (nSPS) is 21.2. The lowest BCUT2D eigenvalue weighted by atomic mass is 9.91. The summed E-state index contributed by atoms with van der Waals surface area (Å²) in [7, 11) is 0. The quantitative estimate of drug-likeness (QED) is 0.106. The molecule has 18 heteroatoms. The average Bonchev–Trinajstić information content (AvgIpc) is 4.01. The predicted molar refractivity (Wildman–Crippen MR) is 195 cm³/mol. The van der Waals surface area contributed by atoms with Gasteiger partial charge < -0.3 is 40.9 Å². The number of fused-ring (bicyclic) bond motifs is 1. The smallest absolute Gasteiger partial charge is 0.319 e. The zero-order valence-corrected chi connectivity index (χ0v) is 29.0. The highest BCUT2D eigenvalue weighted by Crippen LogP contribution is 2.39. The Morgan fingerprint density at radius 3 is 2.48 bits per heavy atom. The van der Waals surface area contributed by atoms with Crippen molar-refractivity contribution in [3.8, 4) is 0 Å². The van der Waals surface area contributed by atoms with Crippen molar-refractivity contribution < 1.29 is 24.9 Å². The fraction of sp³-hybridized carbons (Fsp3) is 0.333. The molecule has 0 spiro atoms. The first-order valence-electron chi connectivity index (χ1n) is 17.7. The van der Waals surface area contributed by atoms with E-state index in [0.29, 0.717) is 54.7 Å². The number of aromatic nitrogens is 9. The lowest BCUT2D eigenvalue weighted by molar-refractivity contribution is -0.0384. The second-order valence-corrected chi connectivity index (χ2v) is 13.1. The monoisotopic (exact) mass is 733 g/mol. The number of hydrogen-bond acceptors (Lipinski definition) is 14. The molecular weight excluding hydrogens is 694 g/mol. The Kier molecular flexibility index (Phi) is 10.0. The number of tetrazole rings is 1. The van der Waals surface area contributed by atoms with Gasteiger partial charge in [-0.2, -0.15) is 14.8 Å². The molecule has 8 rings (SSSR count). The molecule has 18 nitrogen and oxygen atoms in total. The van der Waals surface area contributed by atoms with E-state index in [0.717, 1.165) is 11.1 Å². The van der Waals surface area contributed by atoms with E-state index in [2.05, 4.69) is 65.6 Å². The van der Waals surface area contributed by atoms with Gasteiger partial charge in [-0.05, 0) is 34.9 Å². The Morgan fingerprint density at radius 2 is 1.76 bits per heavy atom. The standard InChI is InChI=1S/C36H39N13O5/c50-17-16-49-45-32(44-46-49)30-28(51)29(52)34(54-30)48-21-39-27-31(38-19-26(22-8-3-1-4-9-22)23-10-5-2-6-11-23)42-35(43-33(27)48)47-15-13-25(20-47)41-36(53)40-24-12-7-14-37-18-24/h1-12,14,18,21,25-26,28-30,34,50-52H,13,15-17,19-20H2,(H,38,42,43)(H2,40,41,53)/t25?,28?,29-,30+,34-/m1/s1. The highest BCUT2D eigenvalue weighted by molar-refractivity contribution is 5.89. The van der Waals surface area contributed by atoms with Crippen molar-refractivity contribution >= 4 is 34.6 Å². The average molecular weight is 734 g/mol. The Labute approximate surface area is 308 Å². The summed E-state index contributed by atoms with van der Waals surface area (Å²) in [5, 5.41) is 53.0. The largest absolute Gasteiger partial charge is 0.394 e. The SMILES string of the molecule is O=C(Nc1cccnc1)NC1CCN(c2nc(NCC(c3ccccc3)c3ccccc3)c3ncn([C@@H]4O[C@H](c5nnn(CCO)n5)C(O)[C@H]4O)c3n2)C1. The molecule has 6 heterocycles. The summed E-state index contributed by atoms with van der Waals surface area (Å²) in [6.07, 6.45) is 0.356. The van der Waals surface area contributed by atoms with Gasteiger partial charge >= 0.3 is 6.03 Å². The van der Waals surface area contributed by atoms with E-state index in [-0.39, 0.29) is 37.0 Å². The minimum atomic E-state index is -1.40. The van der Waals surface area contributed by atoms with Crippen LogP contribution in [0.3, 0.4) is 0 Å². The molecule has 6 N–H and O–H groups in total. The maximum absolute atomic E-state index is 12.8. The first-order chi connectivity index (χ1) is 26.4. The molecule has 6 aromatic rings. The first kappa shape index (κ1) is 35.0. The number of nitrogens with zero attached hydrogens (tertiary/aromatic N) is 10. The Morgan fingerprint density at radius 1 is 0.981 bits per heavy atom. The van der Waals surface area contributed by atoms with Crippen LogP contribution in [0, 0.1) is 0 Å². The topological polar surface area (TPSA) is 226 Å². The van der Waals surface area contributed by atoms with E-state index in [1.807, 2.05) is 41.3 Å². The number of amides is 2. The molecular formula is C36H39N13O5. The van der Waals surface area contributed by atoms with Crippen molar-refractivity contribution in [1.29, 1.82) is 0 Å². The summed E-state index contributed by atoms with van der Waals surface area (Å²) >= 11 is 0. The van der Waals surface area contributed by atoms with Crippen LogP contribution in [-0.4, -0.2) is 111 Å².